The minimum atomic E-state index is -0.464. The third kappa shape index (κ3) is 2.67. The van der Waals surface area contributed by atoms with Gasteiger partial charge >= 0.3 is 0 Å². The first-order valence-corrected chi connectivity index (χ1v) is 4.81. The minimum absolute atomic E-state index is 0.0921. The van der Waals surface area contributed by atoms with E-state index in [9.17, 15) is 4.39 Å². The summed E-state index contributed by atoms with van der Waals surface area (Å²) >= 11 is 5.62. The number of nitrogens with two attached hydrogens (primary N) is 1. The summed E-state index contributed by atoms with van der Waals surface area (Å²) in [6.45, 7) is 2.73. The molecule has 1 unspecified atom stereocenters. The van der Waals surface area contributed by atoms with E-state index in [0.29, 0.717) is 18.8 Å². The van der Waals surface area contributed by atoms with E-state index in [1.54, 1.807) is 12.1 Å². The number of rotatable bonds is 4. The van der Waals surface area contributed by atoms with Crippen LogP contribution in [0.3, 0.4) is 0 Å². The van der Waals surface area contributed by atoms with Gasteiger partial charge in [-0.1, -0.05) is 23.7 Å². The van der Waals surface area contributed by atoms with Crippen molar-refractivity contribution in [1.82, 2.24) is 0 Å². The van der Waals surface area contributed by atoms with Crippen molar-refractivity contribution in [3.63, 3.8) is 0 Å². The number of hydrogen-bond donors (Lipinski definition) is 1. The molecule has 0 amide bonds. The van der Waals surface area contributed by atoms with Gasteiger partial charge in [0.25, 0.3) is 0 Å². The van der Waals surface area contributed by atoms with Crippen LogP contribution in [0.4, 0.5) is 4.39 Å². The smallest absolute Gasteiger partial charge is 0.146 e. The second kappa shape index (κ2) is 5.29. The Balaban J connectivity index is 2.79. The first-order valence-electron chi connectivity index (χ1n) is 4.44. The Labute approximate surface area is 87.8 Å². The van der Waals surface area contributed by atoms with Crippen LogP contribution >= 0.6 is 11.6 Å². The van der Waals surface area contributed by atoms with Crippen LogP contribution in [0.15, 0.2) is 18.2 Å². The van der Waals surface area contributed by atoms with Gasteiger partial charge in [-0.15, -0.1) is 0 Å². The van der Waals surface area contributed by atoms with E-state index in [1.165, 1.54) is 6.07 Å². The zero-order valence-electron chi connectivity index (χ0n) is 7.97. The van der Waals surface area contributed by atoms with Crippen LogP contribution in [-0.2, 0) is 4.74 Å². The molecular formula is C10H13ClFNO. The normalized spacial score (nSPS) is 12.9. The maximum atomic E-state index is 13.4. The van der Waals surface area contributed by atoms with Crippen molar-refractivity contribution < 1.29 is 9.13 Å². The summed E-state index contributed by atoms with van der Waals surface area (Å²) in [4.78, 5) is 0. The third-order valence-electron chi connectivity index (χ3n) is 1.88. The fraction of sp³-hybridized carbons (Fsp3) is 0.400. The van der Waals surface area contributed by atoms with Crippen LogP contribution in [0.1, 0.15) is 18.5 Å². The van der Waals surface area contributed by atoms with Gasteiger partial charge in [-0.3, -0.25) is 0 Å². The predicted molar refractivity (Wildman–Crippen MR) is 54.8 cm³/mol. The predicted octanol–water partition coefficient (Wildman–Crippen LogP) is 2.52. The SMILES string of the molecule is CCOCC(N)c1cccc(Cl)c1F. The van der Waals surface area contributed by atoms with E-state index in [0.717, 1.165) is 0 Å². The molecule has 1 atom stereocenters. The molecule has 0 aliphatic heterocycles. The van der Waals surface area contributed by atoms with Gasteiger partial charge in [-0.05, 0) is 13.0 Å². The molecule has 0 spiro atoms. The number of halogens is 2. The number of benzene rings is 1. The summed E-state index contributed by atoms with van der Waals surface area (Å²) in [5.41, 5.74) is 6.12. The van der Waals surface area contributed by atoms with E-state index in [1.807, 2.05) is 6.92 Å². The standard InChI is InChI=1S/C10H13ClFNO/c1-2-14-6-9(13)7-4-3-5-8(11)10(7)12/h3-5,9H,2,6,13H2,1H3. The fourth-order valence-corrected chi connectivity index (χ4v) is 1.32. The molecule has 0 aromatic heterocycles. The molecule has 0 aliphatic carbocycles. The van der Waals surface area contributed by atoms with Crippen molar-refractivity contribution in [2.24, 2.45) is 5.73 Å². The van der Waals surface area contributed by atoms with Crippen molar-refractivity contribution >= 4 is 11.6 Å². The van der Waals surface area contributed by atoms with Crippen LogP contribution in [0, 0.1) is 5.82 Å². The maximum absolute atomic E-state index is 13.4. The largest absolute Gasteiger partial charge is 0.380 e. The number of hydrogen-bond acceptors (Lipinski definition) is 2. The van der Waals surface area contributed by atoms with Crippen LogP contribution in [0.25, 0.3) is 0 Å². The van der Waals surface area contributed by atoms with Gasteiger partial charge in [-0.2, -0.15) is 0 Å². The highest BCUT2D eigenvalue weighted by molar-refractivity contribution is 6.30. The summed E-state index contributed by atoms with van der Waals surface area (Å²) in [6.07, 6.45) is 0. The van der Waals surface area contributed by atoms with Gasteiger partial charge in [0.05, 0.1) is 17.7 Å². The lowest BCUT2D eigenvalue weighted by Gasteiger charge is -2.13. The van der Waals surface area contributed by atoms with Crippen LogP contribution in [0.2, 0.25) is 5.02 Å². The summed E-state index contributed by atoms with van der Waals surface area (Å²) < 4.78 is 18.5. The average Bonchev–Trinajstić information content (AvgIpc) is 2.18. The second-order valence-electron chi connectivity index (χ2n) is 2.91. The molecule has 78 valence electrons. The highest BCUT2D eigenvalue weighted by Gasteiger charge is 2.13. The molecule has 0 saturated carbocycles. The molecule has 0 heterocycles. The Hall–Kier alpha value is -0.640. The monoisotopic (exact) mass is 217 g/mol. The Morgan fingerprint density at radius 3 is 2.93 bits per heavy atom. The van der Waals surface area contributed by atoms with Gasteiger partial charge in [-0.25, -0.2) is 4.39 Å². The van der Waals surface area contributed by atoms with Crippen LogP contribution in [0.5, 0.6) is 0 Å². The molecule has 1 rings (SSSR count). The average molecular weight is 218 g/mol. The van der Waals surface area contributed by atoms with Crippen molar-refractivity contribution in [3.05, 3.63) is 34.6 Å². The van der Waals surface area contributed by atoms with Gasteiger partial charge in [0, 0.05) is 12.2 Å². The Morgan fingerprint density at radius 1 is 1.57 bits per heavy atom. The molecule has 2 nitrogen and oxygen atoms in total. The highest BCUT2D eigenvalue weighted by Crippen LogP contribution is 2.22. The molecule has 0 aliphatic rings. The van der Waals surface area contributed by atoms with Gasteiger partial charge in [0.1, 0.15) is 5.82 Å². The van der Waals surface area contributed by atoms with E-state index in [2.05, 4.69) is 0 Å². The zero-order valence-corrected chi connectivity index (χ0v) is 8.72. The Kier molecular flexibility index (Phi) is 4.32. The molecule has 0 saturated heterocycles. The van der Waals surface area contributed by atoms with Crippen molar-refractivity contribution in [3.8, 4) is 0 Å². The lowest BCUT2D eigenvalue weighted by atomic mass is 10.1. The lowest BCUT2D eigenvalue weighted by molar-refractivity contribution is 0.132. The molecule has 0 radical (unpaired) electrons. The second-order valence-corrected chi connectivity index (χ2v) is 3.32. The van der Waals surface area contributed by atoms with E-state index in [-0.39, 0.29) is 5.02 Å². The maximum Gasteiger partial charge on any atom is 0.146 e. The summed E-state index contributed by atoms with van der Waals surface area (Å²) in [6, 6.07) is 4.32. The van der Waals surface area contributed by atoms with E-state index < -0.39 is 11.9 Å². The van der Waals surface area contributed by atoms with Crippen molar-refractivity contribution in [1.29, 1.82) is 0 Å². The van der Waals surface area contributed by atoms with E-state index >= 15 is 0 Å². The molecule has 0 bridgehead atoms. The summed E-state index contributed by atoms with van der Waals surface area (Å²) in [5.74, 6) is -0.457. The van der Waals surface area contributed by atoms with Crippen LogP contribution < -0.4 is 5.73 Å². The molecule has 1 aromatic rings. The third-order valence-corrected chi connectivity index (χ3v) is 2.17. The van der Waals surface area contributed by atoms with Gasteiger partial charge in [0.15, 0.2) is 0 Å². The summed E-state index contributed by atoms with van der Waals surface area (Å²) in [5, 5.41) is 0.0921. The first kappa shape index (κ1) is 11.4. The molecule has 2 N–H and O–H groups in total. The topological polar surface area (TPSA) is 35.2 Å². The van der Waals surface area contributed by atoms with Crippen molar-refractivity contribution in [2.75, 3.05) is 13.2 Å². The van der Waals surface area contributed by atoms with E-state index in [4.69, 9.17) is 22.1 Å². The van der Waals surface area contributed by atoms with Gasteiger partial charge in [0.2, 0.25) is 0 Å². The van der Waals surface area contributed by atoms with Crippen LogP contribution in [-0.4, -0.2) is 13.2 Å². The Morgan fingerprint density at radius 2 is 2.29 bits per heavy atom. The van der Waals surface area contributed by atoms with Crippen molar-refractivity contribution in [2.45, 2.75) is 13.0 Å². The fourth-order valence-electron chi connectivity index (χ4n) is 1.14. The van der Waals surface area contributed by atoms with Gasteiger partial charge < -0.3 is 10.5 Å². The first-order chi connectivity index (χ1) is 6.66. The Bertz CT molecular complexity index is 306. The quantitative estimate of drug-likeness (QED) is 0.841. The molecule has 1 aromatic carbocycles. The molecule has 4 heteroatoms. The lowest BCUT2D eigenvalue weighted by Crippen LogP contribution is -2.18. The molecule has 14 heavy (non-hydrogen) atoms. The number of ether oxygens (including phenoxy) is 1. The molecular weight excluding hydrogens is 205 g/mol. The molecule has 0 fully saturated rings. The highest BCUT2D eigenvalue weighted by atomic mass is 35.5. The minimum Gasteiger partial charge on any atom is -0.380 e. The summed E-state index contributed by atoms with van der Waals surface area (Å²) in [7, 11) is 0. The zero-order chi connectivity index (χ0) is 10.6.